The fraction of sp³-hybridized carbons (Fsp3) is 0.286. The van der Waals surface area contributed by atoms with E-state index in [-0.39, 0.29) is 5.91 Å². The van der Waals surface area contributed by atoms with E-state index in [9.17, 15) is 14.4 Å². The first-order chi connectivity index (χ1) is 13.5. The van der Waals surface area contributed by atoms with E-state index in [4.69, 9.17) is 0 Å². The summed E-state index contributed by atoms with van der Waals surface area (Å²) in [5.41, 5.74) is 2.54. The zero-order chi connectivity index (χ0) is 19.9. The number of carbonyl (C=O) groups is 3. The van der Waals surface area contributed by atoms with Gasteiger partial charge in [-0.2, -0.15) is 0 Å². The van der Waals surface area contributed by atoms with Crippen molar-refractivity contribution in [2.75, 3.05) is 16.8 Å². The quantitative estimate of drug-likeness (QED) is 0.719. The summed E-state index contributed by atoms with van der Waals surface area (Å²) < 4.78 is 0. The molecule has 4 amide bonds. The summed E-state index contributed by atoms with van der Waals surface area (Å²) in [7, 11) is 0. The second-order valence-electron chi connectivity index (χ2n) is 6.72. The summed E-state index contributed by atoms with van der Waals surface area (Å²) in [6.07, 6.45) is 1.46. The molecule has 7 nitrogen and oxygen atoms in total. The Morgan fingerprint density at radius 1 is 1.07 bits per heavy atom. The number of rotatable bonds is 6. The van der Waals surface area contributed by atoms with E-state index < -0.39 is 18.0 Å². The van der Waals surface area contributed by atoms with Gasteiger partial charge in [0.2, 0.25) is 11.8 Å². The van der Waals surface area contributed by atoms with Gasteiger partial charge in [0.05, 0.1) is 0 Å². The second kappa shape index (κ2) is 9.03. The Labute approximate surface area is 164 Å². The minimum absolute atomic E-state index is 0.134. The Morgan fingerprint density at radius 2 is 1.79 bits per heavy atom. The topological polar surface area (TPSA) is 90.5 Å². The molecule has 3 N–H and O–H groups in total. The highest BCUT2D eigenvalue weighted by Gasteiger charge is 2.21. The Bertz CT molecular complexity index is 836. The fourth-order valence-electron chi connectivity index (χ4n) is 3.02. The molecule has 2 aromatic rings. The number of carbonyl (C=O) groups excluding carboxylic acids is 3. The van der Waals surface area contributed by atoms with E-state index in [0.717, 1.165) is 29.9 Å². The van der Waals surface area contributed by atoms with Crippen molar-refractivity contribution >= 4 is 29.2 Å². The van der Waals surface area contributed by atoms with Crippen molar-refractivity contribution in [3.05, 3.63) is 60.2 Å². The van der Waals surface area contributed by atoms with Gasteiger partial charge in [0.25, 0.3) is 0 Å². The molecule has 1 aliphatic rings. The summed E-state index contributed by atoms with van der Waals surface area (Å²) in [5.74, 6) is -0.292. The fourth-order valence-corrected chi connectivity index (χ4v) is 3.02. The lowest BCUT2D eigenvalue weighted by atomic mass is 10.2. The van der Waals surface area contributed by atoms with Crippen LogP contribution in [0.2, 0.25) is 0 Å². The normalized spacial score (nSPS) is 14.5. The Kier molecular flexibility index (Phi) is 6.26. The average Bonchev–Trinajstić information content (AvgIpc) is 3.13. The third kappa shape index (κ3) is 5.09. The van der Waals surface area contributed by atoms with Crippen LogP contribution in [0.4, 0.5) is 16.2 Å². The zero-order valence-corrected chi connectivity index (χ0v) is 15.8. The smallest absolute Gasteiger partial charge is 0.321 e. The van der Waals surface area contributed by atoms with E-state index >= 15 is 0 Å². The second-order valence-corrected chi connectivity index (χ2v) is 6.72. The predicted octanol–water partition coefficient (Wildman–Crippen LogP) is 2.64. The van der Waals surface area contributed by atoms with Crippen molar-refractivity contribution in [3.8, 4) is 0 Å². The maximum Gasteiger partial charge on any atom is 0.321 e. The lowest BCUT2D eigenvalue weighted by Gasteiger charge is -2.18. The van der Waals surface area contributed by atoms with Crippen LogP contribution < -0.4 is 20.9 Å². The summed E-state index contributed by atoms with van der Waals surface area (Å²) in [6.45, 7) is 2.76. The monoisotopic (exact) mass is 380 g/mol. The lowest BCUT2D eigenvalue weighted by Crippen LogP contribution is -2.45. The summed E-state index contributed by atoms with van der Waals surface area (Å²) >= 11 is 0. The van der Waals surface area contributed by atoms with Crippen molar-refractivity contribution in [1.29, 1.82) is 0 Å². The van der Waals surface area contributed by atoms with Crippen LogP contribution in [-0.4, -0.2) is 30.4 Å². The molecule has 28 heavy (non-hydrogen) atoms. The van der Waals surface area contributed by atoms with Gasteiger partial charge in [-0.15, -0.1) is 0 Å². The SMILES string of the molecule is CC(Nc1ccc(N2CCCC2=O)cc1)C(=O)NC(=O)NCc1ccccc1. The molecular weight excluding hydrogens is 356 g/mol. The number of nitrogens with one attached hydrogen (secondary N) is 3. The third-order valence-electron chi connectivity index (χ3n) is 4.56. The Morgan fingerprint density at radius 3 is 2.43 bits per heavy atom. The predicted molar refractivity (Wildman–Crippen MR) is 108 cm³/mol. The molecule has 3 rings (SSSR count). The molecular formula is C21H24N4O3. The molecule has 146 valence electrons. The summed E-state index contributed by atoms with van der Waals surface area (Å²) in [5, 5.41) is 8.04. The number of hydrogen-bond donors (Lipinski definition) is 3. The number of imide groups is 1. The van der Waals surface area contributed by atoms with Crippen molar-refractivity contribution in [3.63, 3.8) is 0 Å². The minimum Gasteiger partial charge on any atom is -0.374 e. The highest BCUT2D eigenvalue weighted by molar-refractivity contribution is 5.98. The van der Waals surface area contributed by atoms with Crippen LogP contribution in [0.3, 0.4) is 0 Å². The first-order valence-corrected chi connectivity index (χ1v) is 9.32. The number of urea groups is 1. The largest absolute Gasteiger partial charge is 0.374 e. The lowest BCUT2D eigenvalue weighted by molar-refractivity contribution is -0.120. The average molecular weight is 380 g/mol. The van der Waals surface area contributed by atoms with Gasteiger partial charge in [-0.1, -0.05) is 30.3 Å². The highest BCUT2D eigenvalue weighted by atomic mass is 16.2. The van der Waals surface area contributed by atoms with Crippen LogP contribution in [0.1, 0.15) is 25.3 Å². The van der Waals surface area contributed by atoms with Crippen molar-refractivity contribution < 1.29 is 14.4 Å². The molecule has 2 aromatic carbocycles. The molecule has 1 heterocycles. The summed E-state index contributed by atoms with van der Waals surface area (Å²) in [4.78, 5) is 37.7. The molecule has 0 saturated carbocycles. The molecule has 1 unspecified atom stereocenters. The van der Waals surface area contributed by atoms with Crippen LogP contribution in [0.5, 0.6) is 0 Å². The first kappa shape index (κ1) is 19.4. The molecule has 0 radical (unpaired) electrons. The maximum absolute atomic E-state index is 12.2. The number of anilines is 2. The first-order valence-electron chi connectivity index (χ1n) is 9.32. The molecule has 1 fully saturated rings. The van der Waals surface area contributed by atoms with Crippen LogP contribution in [-0.2, 0) is 16.1 Å². The van der Waals surface area contributed by atoms with Crippen LogP contribution in [0.15, 0.2) is 54.6 Å². The minimum atomic E-state index is -0.596. The van der Waals surface area contributed by atoms with Crippen molar-refractivity contribution in [2.45, 2.75) is 32.4 Å². The summed E-state index contributed by atoms with van der Waals surface area (Å²) in [6, 6.07) is 15.7. The van der Waals surface area contributed by atoms with Crippen LogP contribution in [0, 0.1) is 0 Å². The molecule has 0 aliphatic carbocycles. The molecule has 1 saturated heterocycles. The number of nitrogens with zero attached hydrogens (tertiary/aromatic N) is 1. The standard InChI is InChI=1S/C21H24N4O3/c1-15(20(27)24-21(28)22-14-16-6-3-2-4-7-16)23-17-9-11-18(12-10-17)25-13-5-8-19(25)26/h2-4,6-7,9-12,15,23H,5,8,13-14H2,1H3,(H2,22,24,27,28). The molecule has 0 bridgehead atoms. The van der Waals surface area contributed by atoms with E-state index in [2.05, 4.69) is 16.0 Å². The third-order valence-corrected chi connectivity index (χ3v) is 4.56. The number of hydrogen-bond acceptors (Lipinski definition) is 4. The Balaban J connectivity index is 1.47. The van der Waals surface area contributed by atoms with Gasteiger partial charge in [-0.05, 0) is 43.2 Å². The van der Waals surface area contributed by atoms with E-state index in [0.29, 0.717) is 13.0 Å². The van der Waals surface area contributed by atoms with Gasteiger partial charge in [-0.3, -0.25) is 14.9 Å². The Hall–Kier alpha value is -3.35. The van der Waals surface area contributed by atoms with Crippen molar-refractivity contribution in [1.82, 2.24) is 10.6 Å². The van der Waals surface area contributed by atoms with Gasteiger partial charge in [0.15, 0.2) is 0 Å². The van der Waals surface area contributed by atoms with E-state index in [1.54, 1.807) is 11.8 Å². The van der Waals surface area contributed by atoms with Gasteiger partial charge in [-0.25, -0.2) is 4.79 Å². The molecule has 0 aromatic heterocycles. The highest BCUT2D eigenvalue weighted by Crippen LogP contribution is 2.23. The molecule has 0 spiro atoms. The van der Waals surface area contributed by atoms with Crippen molar-refractivity contribution in [2.24, 2.45) is 0 Å². The maximum atomic E-state index is 12.2. The van der Waals surface area contributed by atoms with Crippen LogP contribution >= 0.6 is 0 Å². The van der Waals surface area contributed by atoms with Gasteiger partial charge >= 0.3 is 6.03 Å². The van der Waals surface area contributed by atoms with Gasteiger partial charge < -0.3 is 15.5 Å². The van der Waals surface area contributed by atoms with Crippen LogP contribution in [0.25, 0.3) is 0 Å². The van der Waals surface area contributed by atoms with E-state index in [1.165, 1.54) is 0 Å². The van der Waals surface area contributed by atoms with Gasteiger partial charge in [0, 0.05) is 30.9 Å². The molecule has 7 heteroatoms. The van der Waals surface area contributed by atoms with Gasteiger partial charge in [0.1, 0.15) is 6.04 Å². The number of benzene rings is 2. The zero-order valence-electron chi connectivity index (χ0n) is 15.8. The molecule has 1 aliphatic heterocycles. The van der Waals surface area contributed by atoms with E-state index in [1.807, 2.05) is 54.6 Å². The number of amides is 4. The molecule has 1 atom stereocenters.